The first kappa shape index (κ1) is 16.3. The highest BCUT2D eigenvalue weighted by Gasteiger charge is 2.31. The Morgan fingerprint density at radius 3 is 2.32 bits per heavy atom. The van der Waals surface area contributed by atoms with E-state index in [2.05, 4.69) is 5.32 Å². The van der Waals surface area contributed by atoms with Gasteiger partial charge in [-0.25, -0.2) is 4.79 Å². The molecule has 0 radical (unpaired) electrons. The maximum Gasteiger partial charge on any atom is 0.408 e. The first-order chi connectivity index (χ1) is 8.83. The van der Waals surface area contributed by atoms with Gasteiger partial charge in [0.25, 0.3) is 0 Å². The maximum atomic E-state index is 11.9. The Labute approximate surface area is 120 Å². The van der Waals surface area contributed by atoms with E-state index >= 15 is 0 Å². The number of nitrogens with one attached hydrogen (secondary N) is 1. The van der Waals surface area contributed by atoms with E-state index in [1.807, 2.05) is 0 Å². The zero-order chi connectivity index (χ0) is 14.5. The number of ketones is 1. The summed E-state index contributed by atoms with van der Waals surface area (Å²) in [6.45, 7) is 5.39. The monoisotopic (exact) mass is 289 g/mol. The van der Waals surface area contributed by atoms with Crippen molar-refractivity contribution in [2.75, 3.05) is 5.88 Å². The van der Waals surface area contributed by atoms with E-state index in [0.717, 1.165) is 25.7 Å². The van der Waals surface area contributed by atoms with Crippen LogP contribution in [0.25, 0.3) is 0 Å². The van der Waals surface area contributed by atoms with Gasteiger partial charge < -0.3 is 10.1 Å². The van der Waals surface area contributed by atoms with Gasteiger partial charge in [-0.05, 0) is 39.5 Å². The molecule has 0 aromatic rings. The molecule has 0 aliphatic heterocycles. The van der Waals surface area contributed by atoms with E-state index in [-0.39, 0.29) is 17.6 Å². The van der Waals surface area contributed by atoms with E-state index in [9.17, 15) is 9.59 Å². The molecule has 0 spiro atoms. The average Bonchev–Trinajstić information content (AvgIpc) is 2.34. The third kappa shape index (κ3) is 5.81. The lowest BCUT2D eigenvalue weighted by Gasteiger charge is -2.30. The SMILES string of the molecule is CC(C)(C)OC(=O)NC(C(=O)CCl)C1CCCCC1. The van der Waals surface area contributed by atoms with E-state index in [4.69, 9.17) is 16.3 Å². The average molecular weight is 290 g/mol. The fourth-order valence-corrected chi connectivity index (χ4v) is 2.61. The second-order valence-corrected chi connectivity index (χ2v) is 6.39. The van der Waals surface area contributed by atoms with Crippen molar-refractivity contribution in [1.82, 2.24) is 5.32 Å². The van der Waals surface area contributed by atoms with Crippen LogP contribution in [-0.4, -0.2) is 29.4 Å². The standard InChI is InChI=1S/C14H24ClNO3/c1-14(2,3)19-13(18)16-12(11(17)9-15)10-7-5-4-6-8-10/h10,12H,4-9H2,1-3H3,(H,16,18). The predicted octanol–water partition coefficient (Wildman–Crippen LogP) is 3.27. The smallest absolute Gasteiger partial charge is 0.408 e. The van der Waals surface area contributed by atoms with Crippen molar-refractivity contribution < 1.29 is 14.3 Å². The van der Waals surface area contributed by atoms with Crippen molar-refractivity contribution in [2.24, 2.45) is 5.92 Å². The molecule has 0 bridgehead atoms. The number of carbonyl (C=O) groups excluding carboxylic acids is 2. The Kier molecular flexibility index (Phi) is 6.11. The molecule has 0 heterocycles. The molecular weight excluding hydrogens is 266 g/mol. The van der Waals surface area contributed by atoms with Gasteiger partial charge in [0.05, 0.1) is 11.9 Å². The molecule has 1 amide bonds. The van der Waals surface area contributed by atoms with Crippen LogP contribution < -0.4 is 5.32 Å². The number of carbonyl (C=O) groups is 2. The molecule has 1 atom stereocenters. The molecule has 19 heavy (non-hydrogen) atoms. The summed E-state index contributed by atoms with van der Waals surface area (Å²) < 4.78 is 5.21. The number of ether oxygens (including phenoxy) is 1. The second kappa shape index (κ2) is 7.13. The van der Waals surface area contributed by atoms with Crippen LogP contribution in [0.4, 0.5) is 4.79 Å². The third-order valence-electron chi connectivity index (χ3n) is 3.27. The van der Waals surface area contributed by atoms with Crippen LogP contribution in [0.1, 0.15) is 52.9 Å². The zero-order valence-corrected chi connectivity index (χ0v) is 12.8. The number of hydrogen-bond acceptors (Lipinski definition) is 3. The van der Waals surface area contributed by atoms with Crippen LogP contribution in [-0.2, 0) is 9.53 Å². The Bertz CT molecular complexity index is 319. The fraction of sp³-hybridized carbons (Fsp3) is 0.857. The minimum atomic E-state index is -0.564. The van der Waals surface area contributed by atoms with E-state index in [1.54, 1.807) is 20.8 Å². The Hall–Kier alpha value is -0.770. The Balaban J connectivity index is 2.64. The molecule has 1 aliphatic carbocycles. The highest BCUT2D eigenvalue weighted by atomic mass is 35.5. The van der Waals surface area contributed by atoms with Crippen molar-refractivity contribution >= 4 is 23.5 Å². The second-order valence-electron chi connectivity index (χ2n) is 6.12. The van der Waals surface area contributed by atoms with Gasteiger partial charge in [0.15, 0.2) is 5.78 Å². The van der Waals surface area contributed by atoms with Crippen LogP contribution in [0, 0.1) is 5.92 Å². The number of hydrogen-bond donors (Lipinski definition) is 1. The molecule has 0 aromatic heterocycles. The normalized spacial score (nSPS) is 18.7. The van der Waals surface area contributed by atoms with E-state index < -0.39 is 17.7 Å². The molecule has 0 aromatic carbocycles. The predicted molar refractivity (Wildman–Crippen MR) is 75.5 cm³/mol. The largest absolute Gasteiger partial charge is 0.444 e. The van der Waals surface area contributed by atoms with Crippen LogP contribution in [0.2, 0.25) is 0 Å². The van der Waals surface area contributed by atoms with Crippen molar-refractivity contribution in [3.8, 4) is 0 Å². The van der Waals surface area contributed by atoms with E-state index in [0.29, 0.717) is 0 Å². The van der Waals surface area contributed by atoms with Gasteiger partial charge in [-0.3, -0.25) is 4.79 Å². The van der Waals surface area contributed by atoms with Crippen molar-refractivity contribution in [3.63, 3.8) is 0 Å². The maximum absolute atomic E-state index is 11.9. The van der Waals surface area contributed by atoms with Crippen LogP contribution in [0.3, 0.4) is 0 Å². The molecule has 4 nitrogen and oxygen atoms in total. The number of alkyl carbamates (subject to hydrolysis) is 1. The van der Waals surface area contributed by atoms with Crippen LogP contribution >= 0.6 is 11.6 Å². The summed E-state index contributed by atoms with van der Waals surface area (Å²) in [4.78, 5) is 23.7. The van der Waals surface area contributed by atoms with Gasteiger partial charge in [0.1, 0.15) is 5.60 Å². The summed E-state index contributed by atoms with van der Waals surface area (Å²) in [5, 5.41) is 2.70. The Morgan fingerprint density at radius 2 is 1.84 bits per heavy atom. The molecule has 1 N–H and O–H groups in total. The number of alkyl halides is 1. The van der Waals surface area contributed by atoms with Gasteiger partial charge in [0, 0.05) is 0 Å². The molecule has 5 heteroatoms. The molecule has 1 aliphatic rings. The highest BCUT2D eigenvalue weighted by Crippen LogP contribution is 2.27. The molecule has 1 saturated carbocycles. The lowest BCUT2D eigenvalue weighted by molar-refractivity contribution is -0.120. The number of amides is 1. The topological polar surface area (TPSA) is 55.4 Å². The quantitative estimate of drug-likeness (QED) is 0.808. The van der Waals surface area contributed by atoms with Gasteiger partial charge in [0.2, 0.25) is 0 Å². The molecule has 1 unspecified atom stereocenters. The minimum absolute atomic E-state index is 0.0725. The van der Waals surface area contributed by atoms with Crippen molar-refractivity contribution in [3.05, 3.63) is 0 Å². The zero-order valence-electron chi connectivity index (χ0n) is 12.0. The Morgan fingerprint density at radius 1 is 1.26 bits per heavy atom. The molecule has 0 saturated heterocycles. The molecule has 1 fully saturated rings. The molecule has 1 rings (SSSR count). The van der Waals surface area contributed by atoms with Gasteiger partial charge in [-0.15, -0.1) is 11.6 Å². The lowest BCUT2D eigenvalue weighted by atomic mass is 9.82. The number of halogens is 1. The summed E-state index contributed by atoms with van der Waals surface area (Å²) in [5.74, 6) is -0.0105. The summed E-state index contributed by atoms with van der Waals surface area (Å²) >= 11 is 5.64. The summed E-state index contributed by atoms with van der Waals surface area (Å²) in [6, 6.07) is -0.507. The summed E-state index contributed by atoms with van der Waals surface area (Å²) in [5.41, 5.74) is -0.564. The third-order valence-corrected chi connectivity index (χ3v) is 3.54. The van der Waals surface area contributed by atoms with Crippen molar-refractivity contribution in [1.29, 1.82) is 0 Å². The van der Waals surface area contributed by atoms with Crippen LogP contribution in [0.15, 0.2) is 0 Å². The highest BCUT2D eigenvalue weighted by molar-refractivity contribution is 6.28. The first-order valence-corrected chi connectivity index (χ1v) is 7.45. The van der Waals surface area contributed by atoms with Crippen LogP contribution in [0.5, 0.6) is 0 Å². The van der Waals surface area contributed by atoms with E-state index in [1.165, 1.54) is 6.42 Å². The lowest BCUT2D eigenvalue weighted by Crippen LogP contribution is -2.48. The van der Waals surface area contributed by atoms with Gasteiger partial charge >= 0.3 is 6.09 Å². The number of rotatable bonds is 4. The summed E-state index contributed by atoms with van der Waals surface area (Å²) in [7, 11) is 0. The minimum Gasteiger partial charge on any atom is -0.444 e. The van der Waals surface area contributed by atoms with Gasteiger partial charge in [-0.2, -0.15) is 0 Å². The molecule has 110 valence electrons. The molecular formula is C14H24ClNO3. The van der Waals surface area contributed by atoms with Crippen molar-refractivity contribution in [2.45, 2.75) is 64.5 Å². The number of Topliss-reactive ketones (excluding diaryl/α,β-unsaturated/α-hetero) is 1. The summed E-state index contributed by atoms with van der Waals surface area (Å²) in [6.07, 6.45) is 4.79. The first-order valence-electron chi connectivity index (χ1n) is 6.91. The van der Waals surface area contributed by atoms with Gasteiger partial charge in [-0.1, -0.05) is 19.3 Å². The fourth-order valence-electron chi connectivity index (χ4n) is 2.45.